The number of nitrogens with zero attached hydrogens (tertiary/aromatic N) is 1. The van der Waals surface area contributed by atoms with Gasteiger partial charge in [-0.2, -0.15) is 0 Å². The average molecular weight is 394 g/mol. The van der Waals surface area contributed by atoms with Crippen molar-refractivity contribution >= 4 is 17.8 Å². The maximum Gasteiger partial charge on any atom is 0.326 e. The van der Waals surface area contributed by atoms with Gasteiger partial charge in [0.25, 0.3) is 11.8 Å². The normalized spacial score (nSPS) is 14.2. The van der Waals surface area contributed by atoms with Gasteiger partial charge in [0.15, 0.2) is 17.6 Å². The van der Waals surface area contributed by atoms with Crippen molar-refractivity contribution < 1.29 is 33.3 Å². The highest BCUT2D eigenvalue weighted by atomic mass is 16.5. The van der Waals surface area contributed by atoms with Crippen LogP contribution >= 0.6 is 0 Å². The Morgan fingerprint density at radius 1 is 1.04 bits per heavy atom. The molecule has 9 nitrogen and oxygen atoms in total. The molecular formula is C19H26N2O7. The number of carbonyl (C=O) groups excluding carboxylic acids is 3. The van der Waals surface area contributed by atoms with Gasteiger partial charge in [0.05, 0.1) is 21.3 Å². The first kappa shape index (κ1) is 21.3. The summed E-state index contributed by atoms with van der Waals surface area (Å²) in [5.74, 6) is -0.439. The van der Waals surface area contributed by atoms with Gasteiger partial charge in [-0.25, -0.2) is 0 Å². The number of ether oxygens (including phenoxy) is 4. The number of hydrogen-bond donors (Lipinski definition) is 1. The fourth-order valence-corrected chi connectivity index (χ4v) is 2.95. The molecule has 0 unspecified atom stereocenters. The van der Waals surface area contributed by atoms with Crippen molar-refractivity contribution in [3.63, 3.8) is 0 Å². The molecule has 1 heterocycles. The molecule has 1 N–H and O–H groups in total. The highest BCUT2D eigenvalue weighted by Gasteiger charge is 2.26. The minimum atomic E-state index is -0.885. The zero-order valence-corrected chi connectivity index (χ0v) is 16.6. The van der Waals surface area contributed by atoms with Gasteiger partial charge in [-0.05, 0) is 31.9 Å². The fraction of sp³-hybridized carbons (Fsp3) is 0.526. The van der Waals surface area contributed by atoms with Crippen molar-refractivity contribution in [2.24, 2.45) is 0 Å². The summed E-state index contributed by atoms with van der Waals surface area (Å²) in [5.41, 5.74) is 0.225. The Labute approximate surface area is 163 Å². The molecular weight excluding hydrogens is 368 g/mol. The molecule has 0 bridgehead atoms. The summed E-state index contributed by atoms with van der Waals surface area (Å²) in [6, 6.07) is 2.95. The van der Waals surface area contributed by atoms with Gasteiger partial charge >= 0.3 is 5.97 Å². The monoisotopic (exact) mass is 394 g/mol. The van der Waals surface area contributed by atoms with E-state index >= 15 is 0 Å². The Kier molecular flexibility index (Phi) is 7.48. The molecule has 0 aromatic heterocycles. The summed E-state index contributed by atoms with van der Waals surface area (Å²) in [7, 11) is 4.34. The van der Waals surface area contributed by atoms with Gasteiger partial charge < -0.3 is 29.2 Å². The highest BCUT2D eigenvalue weighted by molar-refractivity contribution is 5.97. The smallest absolute Gasteiger partial charge is 0.326 e. The zero-order valence-electron chi connectivity index (χ0n) is 16.6. The number of methoxy groups -OCH3 is 3. The molecule has 0 aliphatic carbocycles. The van der Waals surface area contributed by atoms with Crippen LogP contribution in [0.25, 0.3) is 0 Å². The van der Waals surface area contributed by atoms with E-state index in [1.165, 1.54) is 40.4 Å². The summed E-state index contributed by atoms with van der Waals surface area (Å²) in [6.45, 7) is 2.52. The van der Waals surface area contributed by atoms with Crippen molar-refractivity contribution in [2.45, 2.75) is 25.9 Å². The van der Waals surface area contributed by atoms with Gasteiger partial charge in [-0.3, -0.25) is 14.4 Å². The minimum absolute atomic E-state index is 0.221. The largest absolute Gasteiger partial charge is 0.493 e. The predicted octanol–water partition coefficient (Wildman–Crippen LogP) is 0.996. The topological polar surface area (TPSA) is 103 Å². The predicted molar refractivity (Wildman–Crippen MR) is 99.8 cm³/mol. The summed E-state index contributed by atoms with van der Waals surface area (Å²) in [4.78, 5) is 38.2. The lowest BCUT2D eigenvalue weighted by atomic mass is 10.1. The van der Waals surface area contributed by atoms with E-state index in [2.05, 4.69) is 5.32 Å². The van der Waals surface area contributed by atoms with Crippen molar-refractivity contribution in [1.29, 1.82) is 0 Å². The molecule has 1 aliphatic rings. The number of benzene rings is 1. The van der Waals surface area contributed by atoms with Gasteiger partial charge in [0.1, 0.15) is 6.54 Å². The van der Waals surface area contributed by atoms with Crippen LogP contribution in [-0.4, -0.2) is 69.8 Å². The first-order valence-corrected chi connectivity index (χ1v) is 8.97. The Hall–Kier alpha value is -2.97. The molecule has 1 aliphatic heterocycles. The number of amides is 2. The molecule has 1 atom stereocenters. The molecule has 1 aromatic carbocycles. The van der Waals surface area contributed by atoms with E-state index in [4.69, 9.17) is 18.9 Å². The van der Waals surface area contributed by atoms with E-state index in [1.54, 1.807) is 4.90 Å². The number of carbonyl (C=O) groups is 3. The molecule has 1 saturated heterocycles. The Bertz CT molecular complexity index is 704. The summed E-state index contributed by atoms with van der Waals surface area (Å²) >= 11 is 0. The van der Waals surface area contributed by atoms with Crippen LogP contribution in [0.2, 0.25) is 0 Å². The summed E-state index contributed by atoms with van der Waals surface area (Å²) in [6.07, 6.45) is 1.03. The van der Waals surface area contributed by atoms with Gasteiger partial charge in [0, 0.05) is 18.7 Å². The summed E-state index contributed by atoms with van der Waals surface area (Å²) < 4.78 is 20.7. The third-order valence-electron chi connectivity index (χ3n) is 4.39. The number of esters is 1. The van der Waals surface area contributed by atoms with E-state index in [-0.39, 0.29) is 18.0 Å². The Morgan fingerprint density at radius 3 is 2.11 bits per heavy atom. The highest BCUT2D eigenvalue weighted by Crippen LogP contribution is 2.38. The second kappa shape index (κ2) is 9.82. The van der Waals surface area contributed by atoms with Crippen LogP contribution in [0.5, 0.6) is 17.2 Å². The maximum absolute atomic E-state index is 12.4. The summed E-state index contributed by atoms with van der Waals surface area (Å²) in [5, 5.41) is 2.46. The van der Waals surface area contributed by atoms with Crippen molar-refractivity contribution in [3.8, 4) is 17.2 Å². The third-order valence-corrected chi connectivity index (χ3v) is 4.39. The lowest BCUT2D eigenvalue weighted by Gasteiger charge is -2.20. The third kappa shape index (κ3) is 5.05. The molecule has 1 fully saturated rings. The van der Waals surface area contributed by atoms with E-state index in [0.29, 0.717) is 30.3 Å². The van der Waals surface area contributed by atoms with Crippen LogP contribution in [0.4, 0.5) is 0 Å². The average Bonchev–Trinajstić information content (AvgIpc) is 3.24. The fourth-order valence-electron chi connectivity index (χ4n) is 2.95. The van der Waals surface area contributed by atoms with Crippen LogP contribution in [0.15, 0.2) is 12.1 Å². The number of likely N-dealkylation sites (tertiary alicyclic amines) is 1. The lowest BCUT2D eigenvalue weighted by Crippen LogP contribution is -2.40. The van der Waals surface area contributed by atoms with E-state index < -0.39 is 18.0 Å². The lowest BCUT2D eigenvalue weighted by molar-refractivity contribution is -0.157. The van der Waals surface area contributed by atoms with E-state index in [9.17, 15) is 14.4 Å². The SMILES string of the molecule is COc1cc(C(=O)NCC(=O)O[C@H](C)C(=O)N2CCCC2)cc(OC)c1OC. The first-order valence-electron chi connectivity index (χ1n) is 8.97. The van der Waals surface area contributed by atoms with Crippen molar-refractivity contribution in [2.75, 3.05) is 41.0 Å². The zero-order chi connectivity index (χ0) is 20.7. The first-order chi connectivity index (χ1) is 13.4. The van der Waals surface area contributed by atoms with Crippen LogP contribution in [-0.2, 0) is 14.3 Å². The number of hydrogen-bond acceptors (Lipinski definition) is 7. The van der Waals surface area contributed by atoms with Crippen LogP contribution in [0.1, 0.15) is 30.1 Å². The minimum Gasteiger partial charge on any atom is -0.493 e. The molecule has 28 heavy (non-hydrogen) atoms. The molecule has 9 heteroatoms. The van der Waals surface area contributed by atoms with E-state index in [0.717, 1.165) is 12.8 Å². The molecule has 0 radical (unpaired) electrons. The van der Waals surface area contributed by atoms with Gasteiger partial charge in [-0.15, -0.1) is 0 Å². The standard InChI is InChI=1S/C19H26N2O7/c1-12(19(24)21-7-5-6-8-21)28-16(22)11-20-18(23)13-9-14(25-2)17(27-4)15(10-13)26-3/h9-10,12H,5-8,11H2,1-4H3,(H,20,23)/t12-/m1/s1. The second-order valence-electron chi connectivity index (χ2n) is 6.26. The van der Waals surface area contributed by atoms with Crippen LogP contribution in [0, 0.1) is 0 Å². The van der Waals surface area contributed by atoms with E-state index in [1.807, 2.05) is 0 Å². The molecule has 2 rings (SSSR count). The quantitative estimate of drug-likeness (QED) is 0.656. The van der Waals surface area contributed by atoms with Crippen molar-refractivity contribution in [3.05, 3.63) is 17.7 Å². The van der Waals surface area contributed by atoms with Crippen molar-refractivity contribution in [1.82, 2.24) is 10.2 Å². The second-order valence-corrected chi connectivity index (χ2v) is 6.26. The number of nitrogens with one attached hydrogen (secondary N) is 1. The maximum atomic E-state index is 12.4. The van der Waals surface area contributed by atoms with Crippen LogP contribution < -0.4 is 19.5 Å². The molecule has 0 saturated carbocycles. The van der Waals surface area contributed by atoms with Gasteiger partial charge in [-0.1, -0.05) is 0 Å². The Morgan fingerprint density at radius 2 is 1.61 bits per heavy atom. The van der Waals surface area contributed by atoms with Crippen LogP contribution in [0.3, 0.4) is 0 Å². The number of rotatable bonds is 8. The Balaban J connectivity index is 1.94. The molecule has 1 aromatic rings. The molecule has 0 spiro atoms. The molecule has 154 valence electrons. The van der Waals surface area contributed by atoms with Gasteiger partial charge in [0.2, 0.25) is 5.75 Å². The molecule has 2 amide bonds.